The molecule has 0 aromatic carbocycles. The van der Waals surface area contributed by atoms with Crippen molar-refractivity contribution in [2.24, 2.45) is 0 Å². The molecule has 5 heteroatoms. The molecule has 0 amide bonds. The zero-order valence-electron chi connectivity index (χ0n) is 14.2. The highest BCUT2D eigenvalue weighted by atomic mass is 79.9. The summed E-state index contributed by atoms with van der Waals surface area (Å²) in [6.07, 6.45) is 4.90. The van der Waals surface area contributed by atoms with Gasteiger partial charge in [0.2, 0.25) is 0 Å². The topological polar surface area (TPSA) is 39.1 Å². The Bertz CT molecular complexity index is 419. The molecule has 0 saturated heterocycles. The first-order valence-electron chi connectivity index (χ1n) is 7.98. The molecule has 1 atom stereocenters. The number of hydrogen-bond acceptors (Lipinski definition) is 3. The van der Waals surface area contributed by atoms with Gasteiger partial charge >= 0.3 is 0 Å². The van der Waals surface area contributed by atoms with Crippen molar-refractivity contribution < 1.29 is 4.74 Å². The van der Waals surface area contributed by atoms with Crippen LogP contribution in [0.25, 0.3) is 0 Å². The Balaban J connectivity index is 3.34. The normalized spacial score (nSPS) is 13.9. The van der Waals surface area contributed by atoms with Gasteiger partial charge in [-0.25, -0.2) is 0 Å². The first-order chi connectivity index (χ1) is 9.97. The van der Waals surface area contributed by atoms with Crippen molar-refractivity contribution in [1.29, 1.82) is 0 Å². The van der Waals surface area contributed by atoms with Gasteiger partial charge in [0.25, 0.3) is 0 Å². The lowest BCUT2D eigenvalue weighted by atomic mass is 9.85. The van der Waals surface area contributed by atoms with Crippen molar-refractivity contribution in [1.82, 2.24) is 15.1 Å². The van der Waals surface area contributed by atoms with Crippen LogP contribution in [0, 0.1) is 0 Å². The molecule has 0 radical (unpaired) electrons. The van der Waals surface area contributed by atoms with E-state index in [0.717, 1.165) is 30.3 Å². The molecule has 1 aromatic rings. The summed E-state index contributed by atoms with van der Waals surface area (Å²) in [5.41, 5.74) is 0.966. The van der Waals surface area contributed by atoms with E-state index in [2.05, 4.69) is 65.6 Å². The van der Waals surface area contributed by atoms with Crippen LogP contribution >= 0.6 is 15.9 Å². The highest BCUT2D eigenvalue weighted by molar-refractivity contribution is 9.10. The Morgan fingerprint density at radius 3 is 2.38 bits per heavy atom. The highest BCUT2D eigenvalue weighted by Crippen LogP contribution is 2.38. The maximum absolute atomic E-state index is 5.98. The van der Waals surface area contributed by atoms with Crippen LogP contribution < -0.4 is 5.32 Å². The third-order valence-electron chi connectivity index (χ3n) is 4.28. The first kappa shape index (κ1) is 18.7. The van der Waals surface area contributed by atoms with Crippen LogP contribution in [0.5, 0.6) is 0 Å². The van der Waals surface area contributed by atoms with Gasteiger partial charge in [-0.3, -0.25) is 4.68 Å². The van der Waals surface area contributed by atoms with Gasteiger partial charge in [-0.15, -0.1) is 0 Å². The van der Waals surface area contributed by atoms with Crippen LogP contribution in [0.4, 0.5) is 0 Å². The second-order valence-corrected chi connectivity index (χ2v) is 6.63. The van der Waals surface area contributed by atoms with E-state index in [9.17, 15) is 0 Å². The number of halogens is 1. The quantitative estimate of drug-likeness (QED) is 0.706. The van der Waals surface area contributed by atoms with Gasteiger partial charge < -0.3 is 10.1 Å². The van der Waals surface area contributed by atoms with Crippen LogP contribution in [-0.2, 0) is 4.74 Å². The Morgan fingerprint density at radius 2 is 1.95 bits per heavy atom. The first-order valence-corrected chi connectivity index (χ1v) is 8.78. The summed E-state index contributed by atoms with van der Waals surface area (Å²) in [4.78, 5) is 0. The van der Waals surface area contributed by atoms with Crippen molar-refractivity contribution in [3.8, 4) is 0 Å². The highest BCUT2D eigenvalue weighted by Gasteiger charge is 2.39. The third kappa shape index (κ3) is 3.88. The standard InChI is InChI=1S/C16H30BrN3O/c1-7-10-18-15(16(8-2,9-3)21-6)14-13(17)11-19-20(14)12(4)5/h11-12,15,18H,7-10H2,1-6H3. The van der Waals surface area contributed by atoms with E-state index >= 15 is 0 Å². The fourth-order valence-electron chi connectivity index (χ4n) is 2.92. The molecule has 0 aliphatic carbocycles. The van der Waals surface area contributed by atoms with E-state index in [1.54, 1.807) is 0 Å². The van der Waals surface area contributed by atoms with Crippen LogP contribution in [0.15, 0.2) is 10.7 Å². The molecule has 0 spiro atoms. The van der Waals surface area contributed by atoms with E-state index in [0.29, 0.717) is 6.04 Å². The van der Waals surface area contributed by atoms with Crippen molar-refractivity contribution in [3.05, 3.63) is 16.4 Å². The van der Waals surface area contributed by atoms with E-state index < -0.39 is 0 Å². The van der Waals surface area contributed by atoms with Gasteiger partial charge in [-0.2, -0.15) is 5.10 Å². The molecule has 122 valence electrons. The van der Waals surface area contributed by atoms with Gasteiger partial charge in [-0.05, 0) is 55.6 Å². The summed E-state index contributed by atoms with van der Waals surface area (Å²) in [6.45, 7) is 11.9. The summed E-state index contributed by atoms with van der Waals surface area (Å²) >= 11 is 3.68. The predicted octanol–water partition coefficient (Wildman–Crippen LogP) is 4.47. The van der Waals surface area contributed by atoms with E-state index in [4.69, 9.17) is 4.74 Å². The molecule has 0 aliphatic heterocycles. The van der Waals surface area contributed by atoms with Gasteiger partial charge in [0, 0.05) is 13.2 Å². The molecule has 1 unspecified atom stereocenters. The monoisotopic (exact) mass is 359 g/mol. The minimum atomic E-state index is -0.218. The summed E-state index contributed by atoms with van der Waals surface area (Å²) < 4.78 is 9.13. The van der Waals surface area contributed by atoms with Crippen molar-refractivity contribution in [2.45, 2.75) is 71.6 Å². The summed E-state index contributed by atoms with van der Waals surface area (Å²) in [7, 11) is 1.82. The van der Waals surface area contributed by atoms with E-state index in [1.807, 2.05) is 13.3 Å². The summed E-state index contributed by atoms with van der Waals surface area (Å²) in [5.74, 6) is 0. The zero-order valence-corrected chi connectivity index (χ0v) is 15.8. The lowest BCUT2D eigenvalue weighted by Crippen LogP contribution is -2.46. The van der Waals surface area contributed by atoms with Crippen LogP contribution in [-0.4, -0.2) is 29.0 Å². The second kappa shape index (κ2) is 8.30. The van der Waals surface area contributed by atoms with Gasteiger partial charge in [0.1, 0.15) is 0 Å². The number of nitrogens with zero attached hydrogens (tertiary/aromatic N) is 2. The molecule has 4 nitrogen and oxygen atoms in total. The molecular formula is C16H30BrN3O. The number of aromatic nitrogens is 2. The van der Waals surface area contributed by atoms with Crippen LogP contribution in [0.2, 0.25) is 0 Å². The molecule has 0 bridgehead atoms. The number of methoxy groups -OCH3 is 1. The van der Waals surface area contributed by atoms with Gasteiger partial charge in [0.15, 0.2) is 0 Å². The minimum absolute atomic E-state index is 0.122. The lowest BCUT2D eigenvalue weighted by molar-refractivity contribution is -0.0510. The van der Waals surface area contributed by atoms with E-state index in [1.165, 1.54) is 5.69 Å². The average molecular weight is 360 g/mol. The molecule has 1 rings (SSSR count). The second-order valence-electron chi connectivity index (χ2n) is 5.78. The Hall–Kier alpha value is -0.390. The van der Waals surface area contributed by atoms with Crippen LogP contribution in [0.3, 0.4) is 0 Å². The number of nitrogens with one attached hydrogen (secondary N) is 1. The molecule has 1 aromatic heterocycles. The molecule has 1 N–H and O–H groups in total. The minimum Gasteiger partial charge on any atom is -0.376 e. The Kier molecular flexibility index (Phi) is 7.37. The van der Waals surface area contributed by atoms with Crippen molar-refractivity contribution in [3.63, 3.8) is 0 Å². The fourth-order valence-corrected chi connectivity index (χ4v) is 3.42. The molecule has 0 fully saturated rings. The smallest absolute Gasteiger partial charge is 0.0882 e. The molecule has 0 aliphatic rings. The molecule has 1 heterocycles. The Labute approximate surface area is 137 Å². The van der Waals surface area contributed by atoms with Gasteiger partial charge in [0.05, 0.1) is 28.0 Å². The predicted molar refractivity (Wildman–Crippen MR) is 91.7 cm³/mol. The summed E-state index contributed by atoms with van der Waals surface area (Å²) in [6, 6.07) is 0.442. The largest absolute Gasteiger partial charge is 0.376 e. The molecule has 0 saturated carbocycles. The Morgan fingerprint density at radius 1 is 1.33 bits per heavy atom. The maximum atomic E-state index is 5.98. The lowest BCUT2D eigenvalue weighted by Gasteiger charge is -2.39. The summed E-state index contributed by atoms with van der Waals surface area (Å²) in [5, 5.41) is 8.22. The zero-order chi connectivity index (χ0) is 16.0. The number of hydrogen-bond donors (Lipinski definition) is 1. The molecule has 21 heavy (non-hydrogen) atoms. The SMILES string of the molecule is CCCNC(c1c(Br)cnn1C(C)C)C(CC)(CC)OC. The fraction of sp³-hybridized carbons (Fsp3) is 0.812. The maximum Gasteiger partial charge on any atom is 0.0882 e. The average Bonchev–Trinajstić information content (AvgIpc) is 2.86. The third-order valence-corrected chi connectivity index (χ3v) is 4.89. The van der Waals surface area contributed by atoms with Crippen molar-refractivity contribution in [2.75, 3.05) is 13.7 Å². The van der Waals surface area contributed by atoms with E-state index in [-0.39, 0.29) is 11.6 Å². The van der Waals surface area contributed by atoms with Crippen LogP contribution in [0.1, 0.15) is 71.7 Å². The van der Waals surface area contributed by atoms with Crippen molar-refractivity contribution >= 4 is 15.9 Å². The number of ether oxygens (including phenoxy) is 1. The van der Waals surface area contributed by atoms with Gasteiger partial charge in [-0.1, -0.05) is 20.8 Å². The number of rotatable bonds is 9. The molecular weight excluding hydrogens is 330 g/mol.